The summed E-state index contributed by atoms with van der Waals surface area (Å²) in [6.07, 6.45) is 1.52. The number of nitrogens with zero attached hydrogens (tertiary/aromatic N) is 6. The van der Waals surface area contributed by atoms with Crippen LogP contribution in [-0.4, -0.2) is 48.8 Å². The second-order valence-electron chi connectivity index (χ2n) is 6.88. The molecule has 11 heteroatoms. The molecule has 164 valence electrons. The summed E-state index contributed by atoms with van der Waals surface area (Å²) in [5, 5.41) is 19.3. The first-order chi connectivity index (χ1) is 15.5. The standard InChI is InChI=1S/C21H20FN7O2S/c1-13-5-4-6-17(14(13)2)29-21(25-26-27-29)32-12-20(30)24-19-9-10-23-28(19)15-7-8-18(31-3)16(22)11-15/h4-11H,12H2,1-3H3,(H,24,30). The lowest BCUT2D eigenvalue weighted by Gasteiger charge is -2.11. The van der Waals surface area contributed by atoms with Crippen molar-refractivity contribution in [2.45, 2.75) is 19.0 Å². The molecule has 0 saturated heterocycles. The summed E-state index contributed by atoms with van der Waals surface area (Å²) in [6, 6.07) is 11.9. The van der Waals surface area contributed by atoms with Gasteiger partial charge in [0.05, 0.1) is 30.4 Å². The van der Waals surface area contributed by atoms with Crippen molar-refractivity contribution >= 4 is 23.5 Å². The van der Waals surface area contributed by atoms with Crippen molar-refractivity contribution in [2.24, 2.45) is 0 Å². The summed E-state index contributed by atoms with van der Waals surface area (Å²) in [5.74, 6) is -0.181. The van der Waals surface area contributed by atoms with Crippen LogP contribution >= 0.6 is 11.8 Å². The van der Waals surface area contributed by atoms with Gasteiger partial charge in [-0.15, -0.1) is 5.10 Å². The zero-order valence-corrected chi connectivity index (χ0v) is 18.4. The highest BCUT2D eigenvalue weighted by Crippen LogP contribution is 2.24. The van der Waals surface area contributed by atoms with Crippen LogP contribution in [0.25, 0.3) is 11.4 Å². The maximum absolute atomic E-state index is 14.1. The first-order valence-electron chi connectivity index (χ1n) is 9.63. The number of hydrogen-bond acceptors (Lipinski definition) is 7. The van der Waals surface area contributed by atoms with E-state index in [1.165, 1.54) is 41.9 Å². The van der Waals surface area contributed by atoms with E-state index in [4.69, 9.17) is 4.74 Å². The lowest BCUT2D eigenvalue weighted by atomic mass is 10.1. The van der Waals surface area contributed by atoms with Gasteiger partial charge in [0.1, 0.15) is 5.82 Å². The molecule has 0 unspecified atom stereocenters. The molecule has 0 bridgehead atoms. The minimum Gasteiger partial charge on any atom is -0.494 e. The summed E-state index contributed by atoms with van der Waals surface area (Å²) in [5.41, 5.74) is 3.49. The Hall–Kier alpha value is -3.73. The highest BCUT2D eigenvalue weighted by atomic mass is 32.2. The van der Waals surface area contributed by atoms with E-state index in [1.54, 1.807) is 16.8 Å². The van der Waals surface area contributed by atoms with E-state index >= 15 is 0 Å². The number of anilines is 1. The van der Waals surface area contributed by atoms with Crippen LogP contribution in [0.5, 0.6) is 5.75 Å². The molecule has 0 radical (unpaired) electrons. The number of aromatic nitrogens is 6. The van der Waals surface area contributed by atoms with Gasteiger partial charge in [0, 0.05) is 12.1 Å². The van der Waals surface area contributed by atoms with E-state index in [2.05, 4.69) is 25.9 Å². The van der Waals surface area contributed by atoms with Crippen LogP contribution in [0, 0.1) is 19.7 Å². The lowest BCUT2D eigenvalue weighted by Crippen LogP contribution is -2.17. The largest absolute Gasteiger partial charge is 0.494 e. The van der Waals surface area contributed by atoms with Crippen LogP contribution in [0.15, 0.2) is 53.8 Å². The summed E-state index contributed by atoms with van der Waals surface area (Å²) in [7, 11) is 1.39. The predicted molar refractivity (Wildman–Crippen MR) is 118 cm³/mol. The van der Waals surface area contributed by atoms with Gasteiger partial charge in [0.2, 0.25) is 11.1 Å². The quantitative estimate of drug-likeness (QED) is 0.429. The van der Waals surface area contributed by atoms with Gasteiger partial charge in [-0.2, -0.15) is 9.78 Å². The second-order valence-corrected chi connectivity index (χ2v) is 7.82. The monoisotopic (exact) mass is 453 g/mol. The number of aryl methyl sites for hydroxylation is 1. The molecule has 32 heavy (non-hydrogen) atoms. The summed E-state index contributed by atoms with van der Waals surface area (Å²) in [6.45, 7) is 4.01. The number of nitrogens with one attached hydrogen (secondary N) is 1. The number of tetrazole rings is 1. The maximum Gasteiger partial charge on any atom is 0.236 e. The molecule has 1 N–H and O–H groups in total. The number of hydrogen-bond donors (Lipinski definition) is 1. The molecule has 2 aromatic heterocycles. The van der Waals surface area contributed by atoms with E-state index < -0.39 is 5.82 Å². The average Bonchev–Trinajstić information content (AvgIpc) is 3.43. The number of ether oxygens (including phenoxy) is 1. The Morgan fingerprint density at radius 3 is 2.81 bits per heavy atom. The molecule has 0 saturated carbocycles. The number of benzene rings is 2. The van der Waals surface area contributed by atoms with Gasteiger partial charge in [-0.3, -0.25) is 4.79 Å². The fourth-order valence-corrected chi connectivity index (χ4v) is 3.77. The molecular formula is C21H20FN7O2S. The van der Waals surface area contributed by atoms with Crippen molar-refractivity contribution in [1.29, 1.82) is 0 Å². The van der Waals surface area contributed by atoms with Crippen LogP contribution in [0.4, 0.5) is 10.2 Å². The van der Waals surface area contributed by atoms with Gasteiger partial charge < -0.3 is 10.1 Å². The van der Waals surface area contributed by atoms with Gasteiger partial charge >= 0.3 is 0 Å². The Labute approximate surface area is 187 Å². The lowest BCUT2D eigenvalue weighted by molar-refractivity contribution is -0.113. The molecule has 4 aromatic rings. The number of carbonyl (C=O) groups excluding carboxylic acids is 1. The first-order valence-corrected chi connectivity index (χ1v) is 10.6. The number of thioether (sulfide) groups is 1. The Kier molecular flexibility index (Phi) is 6.17. The first kappa shape index (κ1) is 21.5. The van der Waals surface area contributed by atoms with Gasteiger partial charge in [-0.25, -0.2) is 9.07 Å². The number of amides is 1. The highest BCUT2D eigenvalue weighted by molar-refractivity contribution is 7.99. The van der Waals surface area contributed by atoms with Gasteiger partial charge in [-0.05, 0) is 53.6 Å². The van der Waals surface area contributed by atoms with Crippen LogP contribution < -0.4 is 10.1 Å². The Bertz CT molecular complexity index is 1270. The topological polar surface area (TPSA) is 99.8 Å². The smallest absolute Gasteiger partial charge is 0.236 e. The molecule has 0 fully saturated rings. The molecule has 2 heterocycles. The van der Waals surface area contributed by atoms with Gasteiger partial charge in [0.15, 0.2) is 11.6 Å². The molecule has 0 aliphatic heterocycles. The van der Waals surface area contributed by atoms with Crippen molar-refractivity contribution < 1.29 is 13.9 Å². The summed E-state index contributed by atoms with van der Waals surface area (Å²) < 4.78 is 22.1. The predicted octanol–water partition coefficient (Wildman–Crippen LogP) is 3.34. The number of halogens is 1. The van der Waals surface area contributed by atoms with Crippen molar-refractivity contribution in [2.75, 3.05) is 18.2 Å². The van der Waals surface area contributed by atoms with Crippen molar-refractivity contribution in [3.8, 4) is 17.1 Å². The second kappa shape index (κ2) is 9.18. The van der Waals surface area contributed by atoms with Crippen LogP contribution in [0.3, 0.4) is 0 Å². The zero-order chi connectivity index (χ0) is 22.7. The fourth-order valence-electron chi connectivity index (χ4n) is 3.09. The normalized spacial score (nSPS) is 10.9. The van der Waals surface area contributed by atoms with Gasteiger partial charge in [0.25, 0.3) is 0 Å². The van der Waals surface area contributed by atoms with E-state index in [0.717, 1.165) is 16.8 Å². The SMILES string of the molecule is COc1ccc(-n2nccc2NC(=O)CSc2nnnn2-c2cccc(C)c2C)cc1F. The molecular weight excluding hydrogens is 433 g/mol. The average molecular weight is 454 g/mol. The summed E-state index contributed by atoms with van der Waals surface area (Å²) in [4.78, 5) is 12.6. The maximum atomic E-state index is 14.1. The molecule has 0 aliphatic carbocycles. The zero-order valence-electron chi connectivity index (χ0n) is 17.6. The van der Waals surface area contributed by atoms with E-state index in [9.17, 15) is 9.18 Å². The molecule has 2 aromatic carbocycles. The molecule has 0 aliphatic rings. The summed E-state index contributed by atoms with van der Waals surface area (Å²) >= 11 is 1.21. The third-order valence-corrected chi connectivity index (χ3v) is 5.79. The van der Waals surface area contributed by atoms with Gasteiger partial charge in [-0.1, -0.05) is 23.9 Å². The number of methoxy groups -OCH3 is 1. The molecule has 4 rings (SSSR count). The van der Waals surface area contributed by atoms with Crippen molar-refractivity contribution in [3.05, 3.63) is 65.6 Å². The third-order valence-electron chi connectivity index (χ3n) is 4.87. The Morgan fingerprint density at radius 1 is 1.19 bits per heavy atom. The third kappa shape index (κ3) is 4.33. The minimum absolute atomic E-state index is 0.0768. The Morgan fingerprint density at radius 2 is 2.03 bits per heavy atom. The van der Waals surface area contributed by atoms with E-state index in [-0.39, 0.29) is 17.4 Å². The molecule has 9 nitrogen and oxygen atoms in total. The van der Waals surface area contributed by atoms with E-state index in [0.29, 0.717) is 16.7 Å². The van der Waals surface area contributed by atoms with Crippen LogP contribution in [0.1, 0.15) is 11.1 Å². The van der Waals surface area contributed by atoms with Crippen molar-refractivity contribution in [3.63, 3.8) is 0 Å². The molecule has 1 amide bonds. The molecule has 0 atom stereocenters. The molecule has 0 spiro atoms. The number of rotatable bonds is 7. The highest BCUT2D eigenvalue weighted by Gasteiger charge is 2.15. The van der Waals surface area contributed by atoms with Crippen LogP contribution in [0.2, 0.25) is 0 Å². The fraction of sp³-hybridized carbons (Fsp3) is 0.190. The van der Waals surface area contributed by atoms with Crippen molar-refractivity contribution in [1.82, 2.24) is 30.0 Å². The number of carbonyl (C=O) groups is 1. The van der Waals surface area contributed by atoms with Crippen LogP contribution in [-0.2, 0) is 4.79 Å². The van der Waals surface area contributed by atoms with E-state index in [1.807, 2.05) is 32.0 Å². The minimum atomic E-state index is -0.522. The Balaban J connectivity index is 1.46.